The minimum atomic E-state index is 0.460. The van der Waals surface area contributed by atoms with E-state index in [4.69, 9.17) is 0 Å². The molecule has 1 atom stereocenters. The van der Waals surface area contributed by atoms with Crippen LogP contribution in [0.25, 0.3) is 0 Å². The molecular formula is C13H21N3. The zero-order valence-electron chi connectivity index (χ0n) is 10.1. The molecule has 1 saturated heterocycles. The van der Waals surface area contributed by atoms with Gasteiger partial charge in [-0.15, -0.1) is 0 Å². The summed E-state index contributed by atoms with van der Waals surface area (Å²) in [6.45, 7) is 7.46. The van der Waals surface area contributed by atoms with Gasteiger partial charge in [0.1, 0.15) is 0 Å². The molecule has 0 bridgehead atoms. The molecule has 1 aliphatic rings. The van der Waals surface area contributed by atoms with E-state index in [1.807, 2.05) is 0 Å². The van der Waals surface area contributed by atoms with E-state index in [2.05, 4.69) is 54.1 Å². The summed E-state index contributed by atoms with van der Waals surface area (Å²) >= 11 is 0. The molecule has 88 valence electrons. The Bertz CT molecular complexity index is 312. The van der Waals surface area contributed by atoms with Gasteiger partial charge in [0.15, 0.2) is 0 Å². The van der Waals surface area contributed by atoms with Gasteiger partial charge >= 0.3 is 0 Å². The maximum atomic E-state index is 3.51. The van der Waals surface area contributed by atoms with Crippen LogP contribution in [0.1, 0.15) is 25.5 Å². The van der Waals surface area contributed by atoms with Crippen LogP contribution in [0.3, 0.4) is 0 Å². The highest BCUT2D eigenvalue weighted by Crippen LogP contribution is 2.17. The Morgan fingerprint density at radius 2 is 1.94 bits per heavy atom. The second-order valence-electron chi connectivity index (χ2n) is 4.63. The van der Waals surface area contributed by atoms with Crippen LogP contribution in [0.15, 0.2) is 24.3 Å². The maximum absolute atomic E-state index is 3.51. The topological polar surface area (TPSA) is 36.1 Å². The smallest absolute Gasteiger partial charge is 0.0447 e. The summed E-state index contributed by atoms with van der Waals surface area (Å²) in [4.78, 5) is 0. The first-order valence-corrected chi connectivity index (χ1v) is 6.06. The molecule has 1 fully saturated rings. The van der Waals surface area contributed by atoms with E-state index in [-0.39, 0.29) is 0 Å². The van der Waals surface area contributed by atoms with E-state index >= 15 is 0 Å². The molecule has 2 rings (SSSR count). The summed E-state index contributed by atoms with van der Waals surface area (Å²) in [5, 5.41) is 10.3. The molecule has 1 aromatic carbocycles. The first kappa shape index (κ1) is 11.4. The summed E-state index contributed by atoms with van der Waals surface area (Å²) in [5.74, 6) is 0. The van der Waals surface area contributed by atoms with Crippen molar-refractivity contribution in [1.29, 1.82) is 0 Å². The molecule has 0 spiro atoms. The number of rotatable bonds is 3. The summed E-state index contributed by atoms with van der Waals surface area (Å²) in [6.07, 6.45) is 0. The third-order valence-electron chi connectivity index (χ3n) is 2.81. The predicted octanol–water partition coefficient (Wildman–Crippen LogP) is 1.74. The standard InChI is InChI=1S/C13H21N3/c1-10(2)16-12-5-3-11(4-6-12)13-9-14-7-8-15-13/h3-6,10,13-16H,7-9H2,1-2H3. The number of nitrogens with one attached hydrogen (secondary N) is 3. The van der Waals surface area contributed by atoms with Crippen LogP contribution in [0, 0.1) is 0 Å². The van der Waals surface area contributed by atoms with Gasteiger partial charge in [-0.1, -0.05) is 12.1 Å². The lowest BCUT2D eigenvalue weighted by molar-refractivity contribution is 0.430. The van der Waals surface area contributed by atoms with E-state index in [0.29, 0.717) is 12.1 Å². The molecular weight excluding hydrogens is 198 g/mol. The number of hydrogen-bond acceptors (Lipinski definition) is 3. The largest absolute Gasteiger partial charge is 0.383 e. The van der Waals surface area contributed by atoms with Crippen LogP contribution in [0.2, 0.25) is 0 Å². The zero-order chi connectivity index (χ0) is 11.4. The second kappa shape index (κ2) is 5.32. The van der Waals surface area contributed by atoms with Gasteiger partial charge in [-0.3, -0.25) is 0 Å². The molecule has 0 radical (unpaired) electrons. The maximum Gasteiger partial charge on any atom is 0.0447 e. The highest BCUT2D eigenvalue weighted by molar-refractivity contribution is 5.45. The molecule has 0 aliphatic carbocycles. The minimum absolute atomic E-state index is 0.460. The van der Waals surface area contributed by atoms with Crippen LogP contribution in [0.5, 0.6) is 0 Å². The molecule has 1 aromatic rings. The van der Waals surface area contributed by atoms with Crippen LogP contribution in [-0.4, -0.2) is 25.7 Å². The third kappa shape index (κ3) is 2.97. The van der Waals surface area contributed by atoms with Gasteiger partial charge in [0.05, 0.1) is 0 Å². The van der Waals surface area contributed by atoms with Crippen LogP contribution < -0.4 is 16.0 Å². The second-order valence-corrected chi connectivity index (χ2v) is 4.63. The van der Waals surface area contributed by atoms with Gasteiger partial charge in [0.2, 0.25) is 0 Å². The average Bonchev–Trinajstić information content (AvgIpc) is 2.30. The Hall–Kier alpha value is -1.06. The van der Waals surface area contributed by atoms with E-state index in [9.17, 15) is 0 Å². The van der Waals surface area contributed by atoms with Gasteiger partial charge in [-0.2, -0.15) is 0 Å². The Labute approximate surface area is 97.6 Å². The molecule has 0 amide bonds. The molecule has 1 aliphatic heterocycles. The lowest BCUT2D eigenvalue weighted by atomic mass is 10.1. The van der Waals surface area contributed by atoms with Crippen molar-refractivity contribution in [2.45, 2.75) is 25.9 Å². The van der Waals surface area contributed by atoms with Gasteiger partial charge in [0, 0.05) is 37.4 Å². The van der Waals surface area contributed by atoms with Crippen molar-refractivity contribution in [3.8, 4) is 0 Å². The van der Waals surface area contributed by atoms with E-state index in [0.717, 1.165) is 19.6 Å². The first-order valence-electron chi connectivity index (χ1n) is 6.06. The summed E-state index contributed by atoms with van der Waals surface area (Å²) in [5.41, 5.74) is 2.56. The van der Waals surface area contributed by atoms with Crippen molar-refractivity contribution in [2.24, 2.45) is 0 Å². The van der Waals surface area contributed by atoms with Crippen LogP contribution >= 0.6 is 0 Å². The first-order chi connectivity index (χ1) is 7.75. The van der Waals surface area contributed by atoms with E-state index < -0.39 is 0 Å². The highest BCUT2D eigenvalue weighted by atomic mass is 15.1. The lowest BCUT2D eigenvalue weighted by Gasteiger charge is -2.25. The molecule has 3 heteroatoms. The summed E-state index contributed by atoms with van der Waals surface area (Å²) < 4.78 is 0. The summed E-state index contributed by atoms with van der Waals surface area (Å²) in [6, 6.07) is 9.67. The van der Waals surface area contributed by atoms with Gasteiger partial charge in [0.25, 0.3) is 0 Å². The van der Waals surface area contributed by atoms with Gasteiger partial charge in [-0.05, 0) is 31.5 Å². The molecule has 16 heavy (non-hydrogen) atoms. The molecule has 3 nitrogen and oxygen atoms in total. The van der Waals surface area contributed by atoms with Crippen molar-refractivity contribution in [2.75, 3.05) is 25.0 Å². The Kier molecular flexibility index (Phi) is 3.80. The van der Waals surface area contributed by atoms with E-state index in [1.165, 1.54) is 11.3 Å². The quantitative estimate of drug-likeness (QED) is 0.725. The van der Waals surface area contributed by atoms with E-state index in [1.54, 1.807) is 0 Å². The minimum Gasteiger partial charge on any atom is -0.383 e. The highest BCUT2D eigenvalue weighted by Gasteiger charge is 2.13. The number of piperazine rings is 1. The average molecular weight is 219 g/mol. The fraction of sp³-hybridized carbons (Fsp3) is 0.538. The fourth-order valence-corrected chi connectivity index (χ4v) is 2.03. The van der Waals surface area contributed by atoms with Crippen molar-refractivity contribution >= 4 is 5.69 Å². The van der Waals surface area contributed by atoms with Crippen molar-refractivity contribution in [3.63, 3.8) is 0 Å². The number of anilines is 1. The van der Waals surface area contributed by atoms with Crippen molar-refractivity contribution in [3.05, 3.63) is 29.8 Å². The monoisotopic (exact) mass is 219 g/mol. The normalized spacial score (nSPS) is 21.1. The van der Waals surface area contributed by atoms with Crippen LogP contribution in [0.4, 0.5) is 5.69 Å². The number of benzene rings is 1. The number of hydrogen-bond donors (Lipinski definition) is 3. The van der Waals surface area contributed by atoms with Crippen molar-refractivity contribution in [1.82, 2.24) is 10.6 Å². The Morgan fingerprint density at radius 1 is 1.19 bits per heavy atom. The summed E-state index contributed by atoms with van der Waals surface area (Å²) in [7, 11) is 0. The fourth-order valence-electron chi connectivity index (χ4n) is 2.03. The van der Waals surface area contributed by atoms with Crippen LogP contribution in [-0.2, 0) is 0 Å². The lowest BCUT2D eigenvalue weighted by Crippen LogP contribution is -2.42. The zero-order valence-corrected chi connectivity index (χ0v) is 10.1. The molecule has 0 aromatic heterocycles. The predicted molar refractivity (Wildman–Crippen MR) is 68.8 cm³/mol. The van der Waals surface area contributed by atoms with Crippen molar-refractivity contribution < 1.29 is 0 Å². The molecule has 3 N–H and O–H groups in total. The third-order valence-corrected chi connectivity index (χ3v) is 2.81. The molecule has 1 unspecified atom stereocenters. The Morgan fingerprint density at radius 3 is 2.50 bits per heavy atom. The molecule has 1 heterocycles. The SMILES string of the molecule is CC(C)Nc1ccc(C2CNCCN2)cc1. The van der Waals surface area contributed by atoms with Gasteiger partial charge in [-0.25, -0.2) is 0 Å². The molecule has 0 saturated carbocycles. The van der Waals surface area contributed by atoms with Gasteiger partial charge < -0.3 is 16.0 Å². The Balaban J connectivity index is 2.00.